The van der Waals surface area contributed by atoms with Crippen LogP contribution >= 0.6 is 11.8 Å². The molecule has 6 nitrogen and oxygen atoms in total. The van der Waals surface area contributed by atoms with Crippen LogP contribution in [-0.4, -0.2) is 36.7 Å². The fraction of sp³-hybridized carbons (Fsp3) is 0.600. The van der Waals surface area contributed by atoms with Gasteiger partial charge in [0, 0.05) is 17.7 Å². The van der Waals surface area contributed by atoms with Crippen LogP contribution in [0.4, 0.5) is 5.69 Å². The maximum Gasteiger partial charge on any atom is 0.246 e. The summed E-state index contributed by atoms with van der Waals surface area (Å²) in [5, 5.41) is 5.89. The van der Waals surface area contributed by atoms with Crippen LogP contribution in [0.25, 0.3) is 0 Å². The summed E-state index contributed by atoms with van der Waals surface area (Å²) in [6.45, 7) is 2.42. The second kappa shape index (κ2) is 9.35. The van der Waals surface area contributed by atoms with Crippen LogP contribution in [0.5, 0.6) is 11.5 Å². The number of ether oxygens (including phenoxy) is 2. The average Bonchev–Trinajstić information content (AvgIpc) is 3.13. The van der Waals surface area contributed by atoms with E-state index in [4.69, 9.17) is 9.47 Å². The van der Waals surface area contributed by atoms with E-state index >= 15 is 0 Å². The second-order valence-corrected chi connectivity index (χ2v) is 8.34. The normalized spacial score (nSPS) is 22.1. The molecule has 0 saturated heterocycles. The lowest BCUT2D eigenvalue weighted by atomic mass is 9.82. The van der Waals surface area contributed by atoms with Crippen LogP contribution in [0, 0.1) is 11.8 Å². The zero-order chi connectivity index (χ0) is 19.2. The highest BCUT2D eigenvalue weighted by atomic mass is 32.2. The maximum absolute atomic E-state index is 12.8. The van der Waals surface area contributed by atoms with Gasteiger partial charge in [0.2, 0.25) is 18.6 Å². The third-order valence-electron chi connectivity index (χ3n) is 5.27. The van der Waals surface area contributed by atoms with E-state index in [1.807, 2.05) is 6.26 Å². The van der Waals surface area contributed by atoms with Crippen LogP contribution in [0.15, 0.2) is 18.2 Å². The van der Waals surface area contributed by atoms with Crippen molar-refractivity contribution in [1.82, 2.24) is 5.32 Å². The Hall–Kier alpha value is -1.89. The van der Waals surface area contributed by atoms with Gasteiger partial charge in [-0.05, 0) is 62.2 Å². The molecule has 0 spiro atoms. The summed E-state index contributed by atoms with van der Waals surface area (Å²) in [7, 11) is 0. The molecule has 1 heterocycles. The van der Waals surface area contributed by atoms with Crippen molar-refractivity contribution in [2.24, 2.45) is 11.8 Å². The fourth-order valence-corrected chi connectivity index (χ4v) is 3.99. The SMILES string of the molecule is CSCCC(NC(=O)C1CCC(C)CC1)C(=O)Nc1ccc2c(c1)OCO2. The van der Waals surface area contributed by atoms with Gasteiger partial charge in [0.15, 0.2) is 11.5 Å². The molecule has 2 N–H and O–H groups in total. The quantitative estimate of drug-likeness (QED) is 0.744. The Bertz CT molecular complexity index is 674. The van der Waals surface area contributed by atoms with E-state index in [2.05, 4.69) is 17.6 Å². The Balaban J connectivity index is 1.60. The molecule has 1 aliphatic carbocycles. The molecule has 1 unspecified atom stereocenters. The van der Waals surface area contributed by atoms with Crippen molar-refractivity contribution in [2.75, 3.05) is 24.1 Å². The predicted octanol–water partition coefficient (Wildman–Crippen LogP) is 3.42. The van der Waals surface area contributed by atoms with E-state index in [1.165, 1.54) is 0 Å². The molecule has 1 aromatic carbocycles. The zero-order valence-electron chi connectivity index (χ0n) is 16.0. The third kappa shape index (κ3) is 5.31. The van der Waals surface area contributed by atoms with Gasteiger partial charge >= 0.3 is 0 Å². The molecule has 1 atom stereocenters. The van der Waals surface area contributed by atoms with Crippen LogP contribution in [0.1, 0.15) is 39.0 Å². The zero-order valence-corrected chi connectivity index (χ0v) is 16.8. The molecular formula is C20H28N2O4S. The second-order valence-electron chi connectivity index (χ2n) is 7.36. The molecule has 3 rings (SSSR count). The van der Waals surface area contributed by atoms with Gasteiger partial charge < -0.3 is 20.1 Å². The molecule has 27 heavy (non-hydrogen) atoms. The molecule has 7 heteroatoms. The van der Waals surface area contributed by atoms with E-state index < -0.39 is 6.04 Å². The summed E-state index contributed by atoms with van der Waals surface area (Å²) in [6, 6.07) is 4.77. The third-order valence-corrected chi connectivity index (χ3v) is 5.91. The number of hydrogen-bond donors (Lipinski definition) is 2. The molecule has 0 aromatic heterocycles. The summed E-state index contributed by atoms with van der Waals surface area (Å²) in [4.78, 5) is 25.4. The monoisotopic (exact) mass is 392 g/mol. The number of carbonyl (C=O) groups excluding carboxylic acids is 2. The Labute approximate surface area is 164 Å². The summed E-state index contributed by atoms with van der Waals surface area (Å²) in [5.41, 5.74) is 0.638. The van der Waals surface area contributed by atoms with E-state index in [0.717, 1.165) is 31.4 Å². The van der Waals surface area contributed by atoms with Gasteiger partial charge in [-0.15, -0.1) is 0 Å². The van der Waals surface area contributed by atoms with Crippen molar-refractivity contribution < 1.29 is 19.1 Å². The minimum absolute atomic E-state index is 0.00818. The van der Waals surface area contributed by atoms with Gasteiger partial charge in [-0.2, -0.15) is 11.8 Å². The fourth-order valence-electron chi connectivity index (χ4n) is 3.52. The van der Waals surface area contributed by atoms with Gasteiger partial charge in [-0.3, -0.25) is 9.59 Å². The molecule has 0 bridgehead atoms. The van der Waals surface area contributed by atoms with E-state index in [-0.39, 0.29) is 24.5 Å². The highest BCUT2D eigenvalue weighted by molar-refractivity contribution is 7.98. The highest BCUT2D eigenvalue weighted by Crippen LogP contribution is 2.34. The topological polar surface area (TPSA) is 76.7 Å². The first-order chi connectivity index (χ1) is 13.1. The van der Waals surface area contributed by atoms with Crippen LogP contribution in [-0.2, 0) is 9.59 Å². The molecule has 2 aliphatic rings. The van der Waals surface area contributed by atoms with Gasteiger partial charge in [-0.25, -0.2) is 0 Å². The van der Waals surface area contributed by atoms with Crippen molar-refractivity contribution in [3.8, 4) is 11.5 Å². The molecular weight excluding hydrogens is 364 g/mol. The van der Waals surface area contributed by atoms with Crippen molar-refractivity contribution in [3.05, 3.63) is 18.2 Å². The number of rotatable bonds is 7. The number of hydrogen-bond acceptors (Lipinski definition) is 5. The molecule has 2 amide bonds. The lowest BCUT2D eigenvalue weighted by molar-refractivity contribution is -0.130. The summed E-state index contributed by atoms with van der Waals surface area (Å²) < 4.78 is 10.6. The molecule has 0 radical (unpaired) electrons. The molecule has 148 valence electrons. The maximum atomic E-state index is 12.8. The van der Waals surface area contributed by atoms with E-state index in [0.29, 0.717) is 29.5 Å². The average molecular weight is 393 g/mol. The lowest BCUT2D eigenvalue weighted by Gasteiger charge is -2.27. The van der Waals surface area contributed by atoms with Gasteiger partial charge in [0.1, 0.15) is 6.04 Å². The van der Waals surface area contributed by atoms with Gasteiger partial charge in [0.25, 0.3) is 0 Å². The molecule has 1 aliphatic heterocycles. The number of fused-ring (bicyclic) bond motifs is 1. The first-order valence-corrected chi connectivity index (χ1v) is 11.0. The molecule has 1 fully saturated rings. The summed E-state index contributed by atoms with van der Waals surface area (Å²) in [6.07, 6.45) is 6.58. The minimum atomic E-state index is -0.533. The number of benzene rings is 1. The first kappa shape index (κ1) is 19.9. The van der Waals surface area contributed by atoms with E-state index in [9.17, 15) is 9.59 Å². The molecule has 1 aromatic rings. The number of thioether (sulfide) groups is 1. The summed E-state index contributed by atoms with van der Waals surface area (Å²) in [5.74, 6) is 2.63. The van der Waals surface area contributed by atoms with Gasteiger partial charge in [-0.1, -0.05) is 6.92 Å². The number of anilines is 1. The summed E-state index contributed by atoms with van der Waals surface area (Å²) >= 11 is 1.67. The van der Waals surface area contributed by atoms with Crippen molar-refractivity contribution in [1.29, 1.82) is 0 Å². The van der Waals surface area contributed by atoms with Crippen LogP contribution in [0.3, 0.4) is 0 Å². The van der Waals surface area contributed by atoms with Crippen LogP contribution in [0.2, 0.25) is 0 Å². The van der Waals surface area contributed by atoms with Crippen LogP contribution < -0.4 is 20.1 Å². The van der Waals surface area contributed by atoms with Crippen molar-refractivity contribution in [3.63, 3.8) is 0 Å². The highest BCUT2D eigenvalue weighted by Gasteiger charge is 2.28. The smallest absolute Gasteiger partial charge is 0.246 e. The largest absolute Gasteiger partial charge is 0.454 e. The standard InChI is InChI=1S/C20H28N2O4S/c1-13-3-5-14(6-4-13)19(23)22-16(9-10-27-2)20(24)21-15-7-8-17-18(11-15)26-12-25-17/h7-8,11,13-14,16H,3-6,9-10,12H2,1-2H3,(H,21,24)(H,22,23). The molecule has 1 saturated carbocycles. The van der Waals surface area contributed by atoms with E-state index in [1.54, 1.807) is 30.0 Å². The minimum Gasteiger partial charge on any atom is -0.454 e. The Morgan fingerprint density at radius 3 is 2.67 bits per heavy atom. The predicted molar refractivity (Wildman–Crippen MR) is 107 cm³/mol. The number of nitrogens with one attached hydrogen (secondary N) is 2. The lowest BCUT2D eigenvalue weighted by Crippen LogP contribution is -2.46. The Kier molecular flexibility index (Phi) is 6.88. The number of carbonyl (C=O) groups is 2. The number of amides is 2. The Morgan fingerprint density at radius 2 is 1.93 bits per heavy atom. The Morgan fingerprint density at radius 1 is 1.19 bits per heavy atom. The first-order valence-electron chi connectivity index (χ1n) is 9.56. The van der Waals surface area contributed by atoms with Crippen molar-refractivity contribution in [2.45, 2.75) is 45.1 Å². The van der Waals surface area contributed by atoms with Crippen molar-refractivity contribution >= 4 is 29.3 Å². The van der Waals surface area contributed by atoms with Gasteiger partial charge in [0.05, 0.1) is 0 Å².